The molecule has 3 rings (SSSR count). The summed E-state index contributed by atoms with van der Waals surface area (Å²) in [6.07, 6.45) is 0.991. The number of anilines is 1. The molecule has 1 atom stereocenters. The van der Waals surface area contributed by atoms with Gasteiger partial charge >= 0.3 is 0 Å². The van der Waals surface area contributed by atoms with Crippen LogP contribution in [0.2, 0.25) is 0 Å². The number of aromatic nitrogens is 1. The minimum absolute atomic E-state index is 0.215. The number of hydrogen-bond donors (Lipinski definition) is 1. The van der Waals surface area contributed by atoms with Crippen LogP contribution in [0.3, 0.4) is 0 Å². The highest BCUT2D eigenvalue weighted by atomic mass is 32.1. The zero-order valence-electron chi connectivity index (χ0n) is 10.4. The number of nitrogens with zero attached hydrogens (tertiary/aromatic N) is 1. The number of nitrogens with one attached hydrogen (secondary N) is 1. The van der Waals surface area contributed by atoms with Crippen molar-refractivity contribution >= 4 is 38.0 Å². The van der Waals surface area contributed by atoms with Crippen molar-refractivity contribution < 1.29 is 4.39 Å². The summed E-state index contributed by atoms with van der Waals surface area (Å²) in [7, 11) is 0. The first-order chi connectivity index (χ1) is 9.26. The molecule has 0 aliphatic carbocycles. The monoisotopic (exact) mass is 292 g/mol. The predicted octanol–water partition coefficient (Wildman–Crippen LogP) is 5.06. The van der Waals surface area contributed by atoms with Gasteiger partial charge in [-0.2, -0.15) is 0 Å². The second kappa shape index (κ2) is 5.27. The van der Waals surface area contributed by atoms with Crippen molar-refractivity contribution in [3.63, 3.8) is 0 Å². The highest BCUT2D eigenvalue weighted by Crippen LogP contribution is 2.31. The van der Waals surface area contributed by atoms with Crippen LogP contribution in [0, 0.1) is 5.82 Å². The van der Waals surface area contributed by atoms with Gasteiger partial charge in [0.05, 0.1) is 16.3 Å². The lowest BCUT2D eigenvalue weighted by Crippen LogP contribution is -2.07. The normalized spacial score (nSPS) is 12.7. The first-order valence-corrected chi connectivity index (χ1v) is 7.82. The zero-order chi connectivity index (χ0) is 13.2. The lowest BCUT2D eigenvalue weighted by atomic mass is 10.2. The number of thiophene rings is 1. The molecule has 2 aromatic heterocycles. The third-order valence-corrected chi connectivity index (χ3v) is 4.88. The quantitative estimate of drug-likeness (QED) is 0.727. The molecular weight excluding hydrogens is 279 g/mol. The third-order valence-electron chi connectivity index (χ3n) is 2.94. The molecule has 0 saturated carbocycles. The van der Waals surface area contributed by atoms with Gasteiger partial charge < -0.3 is 5.32 Å². The van der Waals surface area contributed by atoms with Gasteiger partial charge in [-0.25, -0.2) is 9.37 Å². The summed E-state index contributed by atoms with van der Waals surface area (Å²) in [5.41, 5.74) is 0.843. The Kier molecular flexibility index (Phi) is 3.48. The first-order valence-electron chi connectivity index (χ1n) is 6.12. The summed E-state index contributed by atoms with van der Waals surface area (Å²) >= 11 is 3.23. The molecule has 98 valence electrons. The van der Waals surface area contributed by atoms with Crippen LogP contribution >= 0.6 is 22.7 Å². The van der Waals surface area contributed by atoms with Crippen LogP contribution in [0.15, 0.2) is 35.7 Å². The highest BCUT2D eigenvalue weighted by Gasteiger charge is 2.12. The van der Waals surface area contributed by atoms with Gasteiger partial charge in [0.25, 0.3) is 0 Å². The summed E-state index contributed by atoms with van der Waals surface area (Å²) in [4.78, 5) is 5.80. The van der Waals surface area contributed by atoms with E-state index in [9.17, 15) is 4.39 Å². The van der Waals surface area contributed by atoms with Gasteiger partial charge in [-0.05, 0) is 36.1 Å². The molecule has 1 unspecified atom stereocenters. The van der Waals surface area contributed by atoms with E-state index in [0.29, 0.717) is 0 Å². The summed E-state index contributed by atoms with van der Waals surface area (Å²) in [5, 5.41) is 6.36. The summed E-state index contributed by atoms with van der Waals surface area (Å²) < 4.78 is 14.0. The molecule has 19 heavy (non-hydrogen) atoms. The summed E-state index contributed by atoms with van der Waals surface area (Å²) in [5.74, 6) is -0.215. The molecule has 2 nitrogen and oxygen atoms in total. The van der Waals surface area contributed by atoms with E-state index in [-0.39, 0.29) is 11.9 Å². The molecule has 0 saturated heterocycles. The maximum absolute atomic E-state index is 13.2. The Labute approximate surface area is 118 Å². The van der Waals surface area contributed by atoms with E-state index in [1.54, 1.807) is 17.4 Å². The van der Waals surface area contributed by atoms with Crippen molar-refractivity contribution in [2.45, 2.75) is 19.4 Å². The zero-order valence-corrected chi connectivity index (χ0v) is 12.0. The van der Waals surface area contributed by atoms with Gasteiger partial charge in [-0.1, -0.05) is 24.3 Å². The molecule has 1 aromatic carbocycles. The van der Waals surface area contributed by atoms with Crippen molar-refractivity contribution in [1.29, 1.82) is 0 Å². The number of halogens is 1. The summed E-state index contributed by atoms with van der Waals surface area (Å²) in [6, 6.07) is 9.15. The van der Waals surface area contributed by atoms with Crippen LogP contribution in [0.1, 0.15) is 24.3 Å². The maximum atomic E-state index is 13.2. The van der Waals surface area contributed by atoms with E-state index in [2.05, 4.69) is 34.7 Å². The Morgan fingerprint density at radius 3 is 3.00 bits per heavy atom. The minimum Gasteiger partial charge on any atom is -0.354 e. The van der Waals surface area contributed by atoms with E-state index in [0.717, 1.165) is 21.8 Å². The molecule has 0 bridgehead atoms. The number of thiazole rings is 1. The van der Waals surface area contributed by atoms with E-state index in [1.807, 2.05) is 0 Å². The maximum Gasteiger partial charge on any atom is 0.184 e. The molecule has 0 radical (unpaired) electrons. The molecular formula is C14H13FN2S2. The average Bonchev–Trinajstić information content (AvgIpc) is 3.04. The minimum atomic E-state index is -0.215. The Morgan fingerprint density at radius 2 is 2.26 bits per heavy atom. The van der Waals surface area contributed by atoms with Crippen molar-refractivity contribution in [3.05, 3.63) is 46.4 Å². The van der Waals surface area contributed by atoms with E-state index >= 15 is 0 Å². The fourth-order valence-corrected chi connectivity index (χ4v) is 3.78. The van der Waals surface area contributed by atoms with Gasteiger partial charge in [-0.3, -0.25) is 0 Å². The number of rotatable bonds is 4. The molecule has 5 heteroatoms. The lowest BCUT2D eigenvalue weighted by molar-refractivity contribution is 0.630. The molecule has 2 heterocycles. The number of fused-ring (bicyclic) bond motifs is 1. The molecule has 0 aliphatic rings. The predicted molar refractivity (Wildman–Crippen MR) is 80.6 cm³/mol. The fraction of sp³-hybridized carbons (Fsp3) is 0.214. The lowest BCUT2D eigenvalue weighted by Gasteiger charge is -2.13. The molecule has 1 N–H and O–H groups in total. The van der Waals surface area contributed by atoms with Crippen LogP contribution in [0.25, 0.3) is 10.2 Å². The van der Waals surface area contributed by atoms with Crippen molar-refractivity contribution in [2.75, 3.05) is 5.32 Å². The second-order valence-corrected chi connectivity index (χ2v) is 6.26. The Morgan fingerprint density at radius 1 is 1.37 bits per heavy atom. The molecule has 0 fully saturated rings. The van der Waals surface area contributed by atoms with Crippen LogP contribution in [-0.2, 0) is 0 Å². The van der Waals surface area contributed by atoms with Crippen molar-refractivity contribution in [3.8, 4) is 0 Å². The van der Waals surface area contributed by atoms with Crippen molar-refractivity contribution in [1.82, 2.24) is 4.98 Å². The Hall–Kier alpha value is -1.46. The molecule has 3 aromatic rings. The SMILES string of the molecule is CCC(Nc1nc2ccc(F)cc2s1)c1cccs1. The first kappa shape index (κ1) is 12.6. The van der Waals surface area contributed by atoms with Gasteiger partial charge in [0, 0.05) is 4.88 Å². The highest BCUT2D eigenvalue weighted by molar-refractivity contribution is 7.22. The topological polar surface area (TPSA) is 24.9 Å². The number of benzene rings is 1. The molecule has 0 amide bonds. The Bertz CT molecular complexity index is 676. The molecule has 0 spiro atoms. The van der Waals surface area contributed by atoms with E-state index < -0.39 is 0 Å². The third kappa shape index (κ3) is 2.62. The van der Waals surface area contributed by atoms with E-state index in [1.165, 1.54) is 28.3 Å². The van der Waals surface area contributed by atoms with Crippen LogP contribution in [0.4, 0.5) is 9.52 Å². The van der Waals surface area contributed by atoms with E-state index in [4.69, 9.17) is 0 Å². The van der Waals surface area contributed by atoms with Crippen LogP contribution in [-0.4, -0.2) is 4.98 Å². The molecule has 0 aliphatic heterocycles. The van der Waals surface area contributed by atoms with Gasteiger partial charge in [0.2, 0.25) is 0 Å². The smallest absolute Gasteiger partial charge is 0.184 e. The van der Waals surface area contributed by atoms with Gasteiger partial charge in [0.1, 0.15) is 5.82 Å². The summed E-state index contributed by atoms with van der Waals surface area (Å²) in [6.45, 7) is 2.14. The second-order valence-electron chi connectivity index (χ2n) is 4.25. The van der Waals surface area contributed by atoms with Gasteiger partial charge in [-0.15, -0.1) is 11.3 Å². The van der Waals surface area contributed by atoms with Crippen molar-refractivity contribution in [2.24, 2.45) is 0 Å². The standard InChI is InChI=1S/C14H13FN2S2/c1-2-10(12-4-3-7-18-12)16-14-17-11-6-5-9(15)8-13(11)19-14/h3-8,10H,2H2,1H3,(H,16,17). The van der Waals surface area contributed by atoms with Crippen LogP contribution in [0.5, 0.6) is 0 Å². The Balaban J connectivity index is 1.88. The fourth-order valence-electron chi connectivity index (χ4n) is 1.97. The average molecular weight is 292 g/mol. The van der Waals surface area contributed by atoms with Crippen LogP contribution < -0.4 is 5.32 Å². The number of hydrogen-bond acceptors (Lipinski definition) is 4. The van der Waals surface area contributed by atoms with Gasteiger partial charge in [0.15, 0.2) is 5.13 Å². The largest absolute Gasteiger partial charge is 0.354 e.